The van der Waals surface area contributed by atoms with Gasteiger partial charge in [-0.2, -0.15) is 0 Å². The van der Waals surface area contributed by atoms with Gasteiger partial charge in [-0.25, -0.2) is 0 Å². The Morgan fingerprint density at radius 3 is 2.77 bits per heavy atom. The molecular weight excluding hydrogens is 274 g/mol. The van der Waals surface area contributed by atoms with Gasteiger partial charge in [-0.3, -0.25) is 4.98 Å². The molecule has 4 heteroatoms. The van der Waals surface area contributed by atoms with Crippen molar-refractivity contribution in [1.29, 1.82) is 0 Å². The Kier molecular flexibility index (Phi) is 4.91. The monoisotopic (exact) mass is 297 g/mol. The van der Waals surface area contributed by atoms with Gasteiger partial charge in [0, 0.05) is 25.7 Å². The largest absolute Gasteiger partial charge is 0.487 e. The van der Waals surface area contributed by atoms with Gasteiger partial charge in [0.2, 0.25) is 0 Å². The zero-order valence-corrected chi connectivity index (χ0v) is 13.1. The third-order valence-corrected chi connectivity index (χ3v) is 4.03. The van der Waals surface area contributed by atoms with Gasteiger partial charge in [0.25, 0.3) is 0 Å². The maximum absolute atomic E-state index is 5.88. The maximum atomic E-state index is 5.88. The van der Waals surface area contributed by atoms with Crippen molar-refractivity contribution in [2.75, 3.05) is 38.1 Å². The van der Waals surface area contributed by atoms with Crippen LogP contribution in [0.15, 0.2) is 48.8 Å². The molecule has 0 atom stereocenters. The Morgan fingerprint density at radius 2 is 1.91 bits per heavy atom. The zero-order chi connectivity index (χ0) is 15.2. The average molecular weight is 297 g/mol. The Hall–Kier alpha value is -2.07. The number of ether oxygens (including phenoxy) is 1. The van der Waals surface area contributed by atoms with Crippen LogP contribution in [-0.4, -0.2) is 43.1 Å². The second kappa shape index (κ2) is 7.27. The van der Waals surface area contributed by atoms with Crippen molar-refractivity contribution in [2.24, 2.45) is 0 Å². The highest BCUT2D eigenvalue weighted by Crippen LogP contribution is 2.21. The third kappa shape index (κ3) is 3.98. The molecule has 0 bridgehead atoms. The molecule has 0 saturated carbocycles. The van der Waals surface area contributed by atoms with Gasteiger partial charge in [0.05, 0.1) is 18.1 Å². The summed E-state index contributed by atoms with van der Waals surface area (Å²) in [5, 5.41) is 0. The fourth-order valence-electron chi connectivity index (χ4n) is 2.70. The smallest absolute Gasteiger partial charge is 0.140 e. The lowest BCUT2D eigenvalue weighted by molar-refractivity contribution is 0.305. The van der Waals surface area contributed by atoms with Crippen LogP contribution >= 0.6 is 0 Å². The lowest BCUT2D eigenvalue weighted by Gasteiger charge is -2.22. The van der Waals surface area contributed by atoms with Crippen LogP contribution in [-0.2, 0) is 6.61 Å². The van der Waals surface area contributed by atoms with Crippen molar-refractivity contribution in [3.63, 3.8) is 0 Å². The molecule has 2 heterocycles. The summed E-state index contributed by atoms with van der Waals surface area (Å²) >= 11 is 0. The third-order valence-electron chi connectivity index (χ3n) is 4.03. The summed E-state index contributed by atoms with van der Waals surface area (Å²) in [6, 6.07) is 12.3. The Morgan fingerprint density at radius 1 is 1.05 bits per heavy atom. The van der Waals surface area contributed by atoms with Crippen LogP contribution in [0.5, 0.6) is 5.75 Å². The minimum absolute atomic E-state index is 0.578. The van der Waals surface area contributed by atoms with Crippen LogP contribution in [0.2, 0.25) is 0 Å². The molecule has 0 aliphatic carbocycles. The van der Waals surface area contributed by atoms with Crippen LogP contribution in [0.1, 0.15) is 12.0 Å². The number of aromatic nitrogens is 1. The second-order valence-corrected chi connectivity index (χ2v) is 5.80. The summed E-state index contributed by atoms with van der Waals surface area (Å²) in [6.45, 7) is 4.95. The first-order valence-electron chi connectivity index (χ1n) is 7.86. The van der Waals surface area contributed by atoms with Crippen molar-refractivity contribution < 1.29 is 4.74 Å². The number of benzene rings is 1. The number of hydrogen-bond donors (Lipinski definition) is 0. The van der Waals surface area contributed by atoms with Crippen LogP contribution in [0, 0.1) is 0 Å². The summed E-state index contributed by atoms with van der Waals surface area (Å²) in [7, 11) is 2.18. The topological polar surface area (TPSA) is 28.6 Å². The van der Waals surface area contributed by atoms with E-state index in [4.69, 9.17) is 4.74 Å². The van der Waals surface area contributed by atoms with E-state index in [1.807, 2.05) is 24.4 Å². The molecule has 1 fully saturated rings. The van der Waals surface area contributed by atoms with Crippen molar-refractivity contribution in [3.8, 4) is 5.75 Å². The first kappa shape index (κ1) is 14.9. The normalized spacial score (nSPS) is 16.3. The first-order chi connectivity index (χ1) is 10.8. The Labute approximate surface area is 132 Å². The van der Waals surface area contributed by atoms with Crippen molar-refractivity contribution in [1.82, 2.24) is 9.88 Å². The number of likely N-dealkylation sites (N-methyl/N-ethyl adjacent to an activating group) is 1. The van der Waals surface area contributed by atoms with Crippen LogP contribution < -0.4 is 9.64 Å². The summed E-state index contributed by atoms with van der Waals surface area (Å²) in [6.07, 6.45) is 4.91. The minimum atomic E-state index is 0.578. The summed E-state index contributed by atoms with van der Waals surface area (Å²) in [5.74, 6) is 0.832. The number of hydrogen-bond acceptors (Lipinski definition) is 4. The van der Waals surface area contributed by atoms with Gasteiger partial charge < -0.3 is 14.5 Å². The number of nitrogens with zero attached hydrogens (tertiary/aromatic N) is 3. The van der Waals surface area contributed by atoms with E-state index in [2.05, 4.69) is 40.0 Å². The lowest BCUT2D eigenvalue weighted by atomic mass is 10.2. The molecule has 2 aromatic rings. The summed E-state index contributed by atoms with van der Waals surface area (Å²) < 4.78 is 5.88. The Balaban J connectivity index is 1.64. The van der Waals surface area contributed by atoms with E-state index in [9.17, 15) is 0 Å². The van der Waals surface area contributed by atoms with Gasteiger partial charge in [0.1, 0.15) is 12.4 Å². The number of rotatable bonds is 4. The van der Waals surface area contributed by atoms with E-state index in [1.165, 1.54) is 12.0 Å². The van der Waals surface area contributed by atoms with Crippen molar-refractivity contribution in [2.45, 2.75) is 13.0 Å². The highest BCUT2D eigenvalue weighted by atomic mass is 16.5. The molecule has 0 N–H and O–H groups in total. The quantitative estimate of drug-likeness (QED) is 0.867. The predicted octanol–water partition coefficient (Wildman–Crippen LogP) is 2.80. The molecule has 0 amide bonds. The highest BCUT2D eigenvalue weighted by Gasteiger charge is 2.13. The Bertz CT molecular complexity index is 588. The molecule has 0 spiro atoms. The fraction of sp³-hybridized carbons (Fsp3) is 0.389. The number of pyridine rings is 1. The molecule has 1 aromatic heterocycles. The number of anilines is 1. The molecule has 22 heavy (non-hydrogen) atoms. The fourth-order valence-corrected chi connectivity index (χ4v) is 2.70. The predicted molar refractivity (Wildman–Crippen MR) is 89.3 cm³/mol. The zero-order valence-electron chi connectivity index (χ0n) is 13.1. The summed E-state index contributed by atoms with van der Waals surface area (Å²) in [5.41, 5.74) is 2.32. The first-order valence-corrected chi connectivity index (χ1v) is 7.86. The van der Waals surface area contributed by atoms with Gasteiger partial charge >= 0.3 is 0 Å². The molecule has 0 radical (unpaired) electrons. The maximum Gasteiger partial charge on any atom is 0.140 e. The van der Waals surface area contributed by atoms with Gasteiger partial charge in [0.15, 0.2) is 0 Å². The van der Waals surface area contributed by atoms with Crippen molar-refractivity contribution in [3.05, 3.63) is 54.4 Å². The molecule has 1 aliphatic rings. The molecule has 0 unspecified atom stereocenters. The van der Waals surface area contributed by atoms with Gasteiger partial charge in [-0.15, -0.1) is 0 Å². The lowest BCUT2D eigenvalue weighted by Crippen LogP contribution is -2.28. The molecule has 1 aromatic carbocycles. The SMILES string of the molecule is CN1CCCN(c2cncc(OCc3ccccc3)c2)CC1. The van der Waals surface area contributed by atoms with Gasteiger partial charge in [-0.1, -0.05) is 30.3 Å². The summed E-state index contributed by atoms with van der Waals surface area (Å²) in [4.78, 5) is 9.11. The van der Waals surface area contributed by atoms with E-state index in [1.54, 1.807) is 6.20 Å². The standard InChI is InChI=1S/C18H23N3O/c1-20-8-5-9-21(11-10-20)17-12-18(14-19-13-17)22-15-16-6-3-2-4-7-16/h2-4,6-7,12-14H,5,8-11,15H2,1H3. The minimum Gasteiger partial charge on any atom is -0.487 e. The van der Waals surface area contributed by atoms with Crippen LogP contribution in [0.4, 0.5) is 5.69 Å². The van der Waals surface area contributed by atoms with Crippen LogP contribution in [0.3, 0.4) is 0 Å². The van der Waals surface area contributed by atoms with Gasteiger partial charge in [-0.05, 0) is 25.6 Å². The van der Waals surface area contributed by atoms with Crippen LogP contribution in [0.25, 0.3) is 0 Å². The van der Waals surface area contributed by atoms with E-state index in [-0.39, 0.29) is 0 Å². The molecule has 3 rings (SSSR count). The van der Waals surface area contributed by atoms with E-state index in [0.29, 0.717) is 6.61 Å². The van der Waals surface area contributed by atoms with E-state index in [0.717, 1.165) is 37.6 Å². The molecule has 4 nitrogen and oxygen atoms in total. The molecule has 1 saturated heterocycles. The van der Waals surface area contributed by atoms with E-state index >= 15 is 0 Å². The van der Waals surface area contributed by atoms with Crippen molar-refractivity contribution >= 4 is 5.69 Å². The molecule has 1 aliphatic heterocycles. The second-order valence-electron chi connectivity index (χ2n) is 5.80. The molecular formula is C18H23N3O. The average Bonchev–Trinajstić information content (AvgIpc) is 2.79. The molecule has 116 valence electrons. The highest BCUT2D eigenvalue weighted by molar-refractivity contribution is 5.48. The van der Waals surface area contributed by atoms with E-state index < -0.39 is 0 Å².